The third kappa shape index (κ3) is 11.4. The molecular weight excluding hydrogens is 610 g/mol. The predicted octanol–water partition coefficient (Wildman–Crippen LogP) is 9.36. The molecule has 1 unspecified atom stereocenters. The minimum absolute atomic E-state index is 0.0246. The van der Waals surface area contributed by atoms with Gasteiger partial charge < -0.3 is 25.0 Å². The molecule has 0 bridgehead atoms. The molecule has 1 heterocycles. The van der Waals surface area contributed by atoms with Gasteiger partial charge in [-0.15, -0.1) is 0 Å². The average molecular weight is 670 g/mol. The van der Waals surface area contributed by atoms with Crippen LogP contribution in [-0.2, 0) is 10.4 Å². The van der Waals surface area contributed by atoms with Crippen LogP contribution in [-0.4, -0.2) is 47.8 Å². The van der Waals surface area contributed by atoms with Crippen molar-refractivity contribution in [2.75, 3.05) is 19.8 Å². The van der Waals surface area contributed by atoms with Gasteiger partial charge in [-0.25, -0.2) is 9.98 Å². The lowest BCUT2D eigenvalue weighted by Crippen LogP contribution is -2.41. The van der Waals surface area contributed by atoms with Crippen molar-refractivity contribution in [3.63, 3.8) is 0 Å². The summed E-state index contributed by atoms with van der Waals surface area (Å²) in [5, 5.41) is 25.2. The summed E-state index contributed by atoms with van der Waals surface area (Å²) in [4.78, 5) is 10.2. The van der Waals surface area contributed by atoms with Gasteiger partial charge in [0.05, 0.1) is 6.61 Å². The lowest BCUT2D eigenvalue weighted by atomic mass is 9.97. The molecule has 0 aromatic heterocycles. The fraction of sp³-hybridized carbons (Fsp3) is 0.524. The van der Waals surface area contributed by atoms with Gasteiger partial charge in [0.2, 0.25) is 0 Å². The van der Waals surface area contributed by atoms with Crippen LogP contribution < -0.4 is 10.1 Å². The number of aliphatic hydroxyl groups excluding tert-OH is 1. The number of aliphatic hydroxyl groups is 1. The molecule has 0 amide bonds. The molecule has 0 aliphatic carbocycles. The Balaban J connectivity index is 1.33. The molecular formula is C42H59N3O4. The van der Waals surface area contributed by atoms with Crippen molar-refractivity contribution in [1.82, 2.24) is 5.32 Å². The van der Waals surface area contributed by atoms with Crippen LogP contribution in [0.15, 0.2) is 64.6 Å². The van der Waals surface area contributed by atoms with E-state index in [9.17, 15) is 10.2 Å². The van der Waals surface area contributed by atoms with E-state index in [0.717, 1.165) is 35.1 Å². The molecule has 266 valence electrons. The molecule has 0 saturated heterocycles. The zero-order valence-electron chi connectivity index (χ0n) is 30.8. The maximum Gasteiger partial charge on any atom is 0.181 e. The second kappa shape index (κ2) is 18.9. The summed E-state index contributed by atoms with van der Waals surface area (Å²) in [5.41, 5.74) is 5.97. The number of rotatable bonds is 20. The molecule has 7 nitrogen and oxygen atoms in total. The minimum Gasteiger partial charge on any atom is -0.507 e. The second-order valence-electron chi connectivity index (χ2n) is 14.0. The van der Waals surface area contributed by atoms with Crippen LogP contribution >= 0.6 is 0 Å². The number of aliphatic imine (C=N–C) groups is 2. The van der Waals surface area contributed by atoms with Crippen molar-refractivity contribution in [3.8, 4) is 11.5 Å². The van der Waals surface area contributed by atoms with Gasteiger partial charge in [0.15, 0.2) is 5.66 Å². The van der Waals surface area contributed by atoms with Gasteiger partial charge in [0, 0.05) is 29.4 Å². The summed E-state index contributed by atoms with van der Waals surface area (Å²) in [6.45, 7) is 13.4. The zero-order valence-corrected chi connectivity index (χ0v) is 30.8. The van der Waals surface area contributed by atoms with E-state index < -0.39 is 11.8 Å². The number of unbranched alkanes of at least 4 members (excludes halogenated alkanes) is 10. The first-order valence-electron chi connectivity index (χ1n) is 18.4. The SMILES string of the molecule is CCCCCCCCCCCCCOCC(O)COc1ccc(C2(C)N=C(c3ccc(C)cc3C)NC(c3ccc(C)cc3C)=N2)c(O)c1. The van der Waals surface area contributed by atoms with Crippen molar-refractivity contribution >= 4 is 11.7 Å². The summed E-state index contributed by atoms with van der Waals surface area (Å²) in [6, 6.07) is 17.7. The molecule has 0 saturated carbocycles. The van der Waals surface area contributed by atoms with E-state index in [1.807, 2.05) is 6.92 Å². The van der Waals surface area contributed by atoms with Crippen LogP contribution in [0.5, 0.6) is 11.5 Å². The molecule has 7 heteroatoms. The summed E-state index contributed by atoms with van der Waals surface area (Å²) in [5.74, 6) is 1.87. The smallest absolute Gasteiger partial charge is 0.181 e. The Morgan fingerprint density at radius 2 is 1.22 bits per heavy atom. The molecule has 4 rings (SSSR count). The topological polar surface area (TPSA) is 95.7 Å². The number of nitrogens with one attached hydrogen (secondary N) is 1. The molecule has 3 aromatic carbocycles. The van der Waals surface area contributed by atoms with Gasteiger partial charge in [-0.3, -0.25) is 0 Å². The molecule has 0 spiro atoms. The molecule has 49 heavy (non-hydrogen) atoms. The first kappa shape index (κ1) is 38.1. The number of phenols is 1. The zero-order chi connectivity index (χ0) is 35.2. The fourth-order valence-electron chi connectivity index (χ4n) is 6.49. The van der Waals surface area contributed by atoms with Gasteiger partial charge in [-0.1, -0.05) is 119 Å². The van der Waals surface area contributed by atoms with Gasteiger partial charge in [-0.2, -0.15) is 0 Å². The van der Waals surface area contributed by atoms with Crippen LogP contribution in [0.1, 0.15) is 123 Å². The van der Waals surface area contributed by atoms with Crippen molar-refractivity contribution in [1.29, 1.82) is 0 Å². The van der Waals surface area contributed by atoms with E-state index in [1.165, 1.54) is 68.9 Å². The number of phenolic OH excluding ortho intramolecular Hbond substituents is 1. The quantitative estimate of drug-likeness (QED) is 0.104. The molecule has 3 N–H and O–H groups in total. The Morgan fingerprint density at radius 3 is 1.73 bits per heavy atom. The molecule has 3 aromatic rings. The maximum atomic E-state index is 11.3. The first-order valence-corrected chi connectivity index (χ1v) is 18.4. The van der Waals surface area contributed by atoms with E-state index >= 15 is 0 Å². The lowest BCUT2D eigenvalue weighted by Gasteiger charge is -2.31. The Kier molecular flexibility index (Phi) is 14.7. The van der Waals surface area contributed by atoms with Crippen LogP contribution in [0, 0.1) is 27.7 Å². The number of aryl methyl sites for hydroxylation is 4. The predicted molar refractivity (Wildman–Crippen MR) is 202 cm³/mol. The van der Waals surface area contributed by atoms with Gasteiger partial charge in [0.25, 0.3) is 0 Å². The van der Waals surface area contributed by atoms with E-state index in [0.29, 0.717) is 29.6 Å². The molecule has 1 atom stereocenters. The Hall–Kier alpha value is -3.68. The molecule has 0 radical (unpaired) electrons. The normalized spacial score (nSPS) is 14.6. The summed E-state index contributed by atoms with van der Waals surface area (Å²) in [7, 11) is 0. The first-order chi connectivity index (χ1) is 23.6. The Bertz CT molecular complexity index is 1500. The van der Waals surface area contributed by atoms with E-state index in [4.69, 9.17) is 19.5 Å². The van der Waals surface area contributed by atoms with Crippen molar-refractivity contribution in [3.05, 3.63) is 93.5 Å². The third-order valence-electron chi connectivity index (χ3n) is 9.29. The summed E-state index contributed by atoms with van der Waals surface area (Å²) in [6.07, 6.45) is 13.5. The minimum atomic E-state index is -1.10. The number of hydrogen-bond acceptors (Lipinski definition) is 7. The highest BCUT2D eigenvalue weighted by Crippen LogP contribution is 2.38. The lowest BCUT2D eigenvalue weighted by molar-refractivity contribution is 0.0109. The van der Waals surface area contributed by atoms with Crippen LogP contribution in [0.3, 0.4) is 0 Å². The number of aromatic hydroxyl groups is 1. The number of benzene rings is 3. The van der Waals surface area contributed by atoms with E-state index in [1.54, 1.807) is 18.2 Å². The highest BCUT2D eigenvalue weighted by atomic mass is 16.5. The highest BCUT2D eigenvalue weighted by Gasteiger charge is 2.34. The Labute approximate surface area is 294 Å². The van der Waals surface area contributed by atoms with Crippen LogP contribution in [0.25, 0.3) is 0 Å². The highest BCUT2D eigenvalue weighted by molar-refractivity contribution is 6.17. The molecule has 1 aliphatic heterocycles. The summed E-state index contributed by atoms with van der Waals surface area (Å²) >= 11 is 0. The number of hydrogen-bond donors (Lipinski definition) is 3. The number of nitrogens with zero attached hydrogens (tertiary/aromatic N) is 2. The molecule has 0 fully saturated rings. The van der Waals surface area contributed by atoms with Crippen molar-refractivity contribution in [2.24, 2.45) is 9.98 Å². The largest absolute Gasteiger partial charge is 0.507 e. The van der Waals surface area contributed by atoms with Crippen LogP contribution in [0.4, 0.5) is 0 Å². The Morgan fingerprint density at radius 1 is 0.694 bits per heavy atom. The van der Waals surface area contributed by atoms with Gasteiger partial charge in [-0.05, 0) is 64.3 Å². The maximum absolute atomic E-state index is 11.3. The standard InChI is InChI=1S/C42H59N3O4/c1-7-8-9-10-11-12-13-14-15-16-17-24-48-28-34(46)29-49-35-20-23-38(39(47)27-35)42(6)44-40(36-21-18-30(2)25-32(36)4)43-41(45-42)37-22-19-31(3)26-33(37)5/h18-23,25-27,34,46-47H,7-17,24,28-29H2,1-6H3,(H,43,44,45). The average Bonchev–Trinajstić information content (AvgIpc) is 3.05. The number of ether oxygens (including phenoxy) is 2. The van der Waals surface area contributed by atoms with Gasteiger partial charge in [0.1, 0.15) is 35.9 Å². The van der Waals surface area contributed by atoms with E-state index in [2.05, 4.69) is 76.3 Å². The number of amidine groups is 2. The van der Waals surface area contributed by atoms with Crippen LogP contribution in [0.2, 0.25) is 0 Å². The fourth-order valence-corrected chi connectivity index (χ4v) is 6.49. The van der Waals surface area contributed by atoms with Gasteiger partial charge >= 0.3 is 0 Å². The van der Waals surface area contributed by atoms with E-state index in [-0.39, 0.29) is 19.0 Å². The van der Waals surface area contributed by atoms with Crippen molar-refractivity contribution < 1.29 is 19.7 Å². The summed E-state index contributed by atoms with van der Waals surface area (Å²) < 4.78 is 11.6. The van der Waals surface area contributed by atoms with Crippen molar-refractivity contribution in [2.45, 2.75) is 124 Å². The third-order valence-corrected chi connectivity index (χ3v) is 9.29. The monoisotopic (exact) mass is 669 g/mol. The molecule has 1 aliphatic rings. The second-order valence-corrected chi connectivity index (χ2v) is 14.0.